The molecule has 0 rings (SSSR count). The van der Waals surface area contributed by atoms with E-state index in [0.717, 1.165) is 6.42 Å². The van der Waals surface area contributed by atoms with Gasteiger partial charge in [0.1, 0.15) is 18.1 Å². The topological polar surface area (TPSA) is 253 Å². The summed E-state index contributed by atoms with van der Waals surface area (Å²) in [5.74, 6) is -3.68. The lowest BCUT2D eigenvalue weighted by Gasteiger charge is -2.11. The quantitative estimate of drug-likeness (QED) is 0.249. The molecule has 168 valence electrons. The number of aliphatic carboxylic acids is 4. The maximum absolute atomic E-state index is 10.2. The van der Waals surface area contributed by atoms with Crippen molar-refractivity contribution >= 4 is 23.9 Å². The van der Waals surface area contributed by atoms with Crippen molar-refractivity contribution in [3.05, 3.63) is 0 Å². The highest BCUT2D eigenvalue weighted by Gasteiger charge is 2.17. The van der Waals surface area contributed by atoms with Gasteiger partial charge in [-0.2, -0.15) is 0 Å². The van der Waals surface area contributed by atoms with Crippen molar-refractivity contribution in [1.82, 2.24) is 0 Å². The van der Waals surface area contributed by atoms with Crippen molar-refractivity contribution in [2.75, 3.05) is 6.54 Å². The van der Waals surface area contributed by atoms with Gasteiger partial charge in [-0.05, 0) is 18.8 Å². The Hall–Kier alpha value is -2.28. The number of carboxylic acids is 4. The van der Waals surface area contributed by atoms with Crippen molar-refractivity contribution in [3.63, 3.8) is 0 Å². The summed E-state index contributed by atoms with van der Waals surface area (Å²) in [6, 6.07) is -2.14. The van der Waals surface area contributed by atoms with E-state index in [4.69, 9.17) is 37.6 Å². The molecule has 0 fully saturated rings. The molecule has 0 aromatic carbocycles. The fraction of sp³-hybridized carbons (Fsp3) is 0.750. The van der Waals surface area contributed by atoms with Crippen molar-refractivity contribution in [1.29, 1.82) is 0 Å². The van der Waals surface area contributed by atoms with Gasteiger partial charge >= 0.3 is 23.9 Å². The monoisotopic (exact) mass is 412 g/mol. The number of carbonyl (C=O) groups is 4. The Morgan fingerprint density at radius 3 is 1.07 bits per heavy atom. The van der Waals surface area contributed by atoms with Gasteiger partial charge in [0.05, 0.1) is 6.54 Å². The minimum atomic E-state index is -0.968. The lowest BCUT2D eigenvalue weighted by molar-refractivity contribution is -0.140. The third-order valence-corrected chi connectivity index (χ3v) is 3.11. The molecule has 0 aromatic rings. The summed E-state index contributed by atoms with van der Waals surface area (Å²) in [5.41, 5.74) is 19.8. The molecule has 0 saturated heterocycles. The van der Waals surface area contributed by atoms with Crippen LogP contribution in [0.15, 0.2) is 0 Å². The van der Waals surface area contributed by atoms with Gasteiger partial charge in [-0.25, -0.2) is 0 Å². The van der Waals surface area contributed by atoms with Crippen LogP contribution in [-0.4, -0.2) is 69.0 Å². The molecule has 0 heterocycles. The van der Waals surface area contributed by atoms with Crippen LogP contribution in [0.5, 0.6) is 0 Å². The minimum absolute atomic E-state index is 0.0208. The smallest absolute Gasteiger partial charge is 0.320 e. The lowest BCUT2D eigenvalue weighted by atomic mass is 10.0. The predicted octanol–water partition coefficient (Wildman–Crippen LogP) is -1.05. The summed E-state index contributed by atoms with van der Waals surface area (Å²) in [6.07, 6.45) is 0.813. The van der Waals surface area contributed by atoms with Crippen LogP contribution < -0.4 is 22.9 Å². The Balaban J connectivity index is -0.000000141. The van der Waals surface area contributed by atoms with E-state index in [2.05, 4.69) is 5.73 Å². The van der Waals surface area contributed by atoms with Crippen LogP contribution >= 0.6 is 0 Å². The highest BCUT2D eigenvalue weighted by molar-refractivity contribution is 5.73. The molecule has 0 spiro atoms. The second-order valence-electron chi connectivity index (χ2n) is 6.08. The van der Waals surface area contributed by atoms with Crippen LogP contribution in [0.2, 0.25) is 0 Å². The summed E-state index contributed by atoms with van der Waals surface area (Å²) < 4.78 is 0. The molecule has 12 nitrogen and oxygen atoms in total. The molecule has 0 aliphatic rings. The van der Waals surface area contributed by atoms with Crippen molar-refractivity contribution in [2.45, 2.75) is 59.2 Å². The van der Waals surface area contributed by atoms with Gasteiger partial charge in [0.25, 0.3) is 0 Å². The highest BCUT2D eigenvalue weighted by atomic mass is 16.4. The van der Waals surface area contributed by atoms with Crippen LogP contribution in [0, 0.1) is 11.8 Å². The summed E-state index contributed by atoms with van der Waals surface area (Å²) >= 11 is 0. The van der Waals surface area contributed by atoms with Crippen molar-refractivity contribution in [2.24, 2.45) is 34.8 Å². The third kappa shape index (κ3) is 26.0. The maximum Gasteiger partial charge on any atom is 0.320 e. The number of hydrogen-bond acceptors (Lipinski definition) is 8. The predicted molar refractivity (Wildman–Crippen MR) is 103 cm³/mol. The minimum Gasteiger partial charge on any atom is -0.480 e. The largest absolute Gasteiger partial charge is 0.480 e. The molecular weight excluding hydrogens is 376 g/mol. The molecule has 0 saturated carbocycles. The van der Waals surface area contributed by atoms with E-state index in [-0.39, 0.29) is 18.4 Å². The summed E-state index contributed by atoms with van der Waals surface area (Å²) in [4.78, 5) is 39.0. The van der Waals surface area contributed by atoms with Gasteiger partial charge in [0.15, 0.2) is 0 Å². The van der Waals surface area contributed by atoms with Gasteiger partial charge in [-0.3, -0.25) is 19.2 Å². The molecule has 0 aliphatic heterocycles. The fourth-order valence-electron chi connectivity index (χ4n) is 0.782. The second kappa shape index (κ2) is 19.5. The van der Waals surface area contributed by atoms with Crippen LogP contribution in [0.25, 0.3) is 0 Å². The molecule has 0 bridgehead atoms. The van der Waals surface area contributed by atoms with Gasteiger partial charge in [0.2, 0.25) is 0 Å². The molecule has 0 unspecified atom stereocenters. The number of hydrogen-bond donors (Lipinski definition) is 8. The zero-order chi connectivity index (χ0) is 23.6. The van der Waals surface area contributed by atoms with Crippen LogP contribution in [0.4, 0.5) is 0 Å². The Bertz CT molecular complexity index is 458. The van der Waals surface area contributed by atoms with Crippen molar-refractivity contribution in [3.8, 4) is 0 Å². The lowest BCUT2D eigenvalue weighted by Crippen LogP contribution is -2.36. The first kappa shape index (κ1) is 33.3. The third-order valence-electron chi connectivity index (χ3n) is 3.11. The molecule has 0 radical (unpaired) electrons. The van der Waals surface area contributed by atoms with E-state index < -0.39 is 42.0 Å². The Kier molecular flexibility index (Phi) is 23.2. The summed E-state index contributed by atoms with van der Waals surface area (Å²) in [5, 5.41) is 32.0. The highest BCUT2D eigenvalue weighted by Crippen LogP contribution is 2.04. The van der Waals surface area contributed by atoms with Gasteiger partial charge < -0.3 is 43.4 Å². The van der Waals surface area contributed by atoms with Gasteiger partial charge in [-0.1, -0.05) is 34.1 Å². The second-order valence-corrected chi connectivity index (χ2v) is 6.08. The summed E-state index contributed by atoms with van der Waals surface area (Å²) in [7, 11) is 0. The SMILES string of the molecule is CC(C)[C@H](N)C(=O)O.CC[C@H](C)[C@H](N)C(=O)O.C[C@H](N)C(=O)O.NCC(=O)O. The fourth-order valence-corrected chi connectivity index (χ4v) is 0.782. The average Bonchev–Trinajstić information content (AvgIpc) is 2.60. The molecule has 0 aliphatic carbocycles. The Morgan fingerprint density at radius 2 is 1.04 bits per heavy atom. The van der Waals surface area contributed by atoms with Crippen LogP contribution in [0.1, 0.15) is 41.0 Å². The number of nitrogens with two attached hydrogens (primary N) is 4. The molecule has 0 amide bonds. The standard InChI is InChI=1S/C6H13NO2.C5H11NO2.C3H7NO2.C2H5NO2/c1-3-4(2)5(7)6(8)9;1-3(2)4(6)5(7)8;1-2(4)3(5)6;3-1-2(4)5/h4-5H,3,7H2,1-2H3,(H,8,9);3-4H,6H2,1-2H3,(H,7,8);2H,4H2,1H3,(H,5,6);1,3H2,(H,4,5)/t4-,5-;4-;2-;/m000./s1. The van der Waals surface area contributed by atoms with E-state index in [1.54, 1.807) is 13.8 Å². The molecule has 28 heavy (non-hydrogen) atoms. The van der Waals surface area contributed by atoms with E-state index in [1.807, 2.05) is 13.8 Å². The van der Waals surface area contributed by atoms with E-state index in [1.165, 1.54) is 6.92 Å². The maximum atomic E-state index is 10.2. The van der Waals surface area contributed by atoms with E-state index in [0.29, 0.717) is 0 Å². The first-order valence-corrected chi connectivity index (χ1v) is 8.43. The molecule has 12 N–H and O–H groups in total. The van der Waals surface area contributed by atoms with Gasteiger partial charge in [-0.15, -0.1) is 0 Å². The van der Waals surface area contributed by atoms with E-state index in [9.17, 15) is 19.2 Å². The zero-order valence-corrected chi connectivity index (χ0v) is 17.0. The average molecular weight is 412 g/mol. The van der Waals surface area contributed by atoms with Gasteiger partial charge in [0, 0.05) is 0 Å². The number of rotatable bonds is 7. The molecule has 4 atom stereocenters. The zero-order valence-electron chi connectivity index (χ0n) is 17.0. The first-order valence-electron chi connectivity index (χ1n) is 8.43. The molecular formula is C16H36N4O8. The van der Waals surface area contributed by atoms with Crippen LogP contribution in [0.3, 0.4) is 0 Å². The summed E-state index contributed by atoms with van der Waals surface area (Å²) in [6.45, 7) is 8.45. The Morgan fingerprint density at radius 1 is 0.750 bits per heavy atom. The van der Waals surface area contributed by atoms with E-state index >= 15 is 0 Å². The number of carboxylic acid groups (broad SMARTS) is 4. The van der Waals surface area contributed by atoms with Crippen molar-refractivity contribution < 1.29 is 39.6 Å². The Labute approximate surface area is 164 Å². The molecule has 0 aromatic heterocycles. The molecule has 12 heteroatoms. The van der Waals surface area contributed by atoms with Crippen LogP contribution in [-0.2, 0) is 19.2 Å². The normalized spacial score (nSPS) is 13.6. The first-order chi connectivity index (χ1) is 12.6.